The zero-order chi connectivity index (χ0) is 36.6. The molecule has 0 fully saturated rings. The van der Waals surface area contributed by atoms with Gasteiger partial charge < -0.3 is 37.0 Å². The quantitative estimate of drug-likeness (QED) is 0.143. The number of hydrogen-bond acceptors (Lipinski definition) is 9. The number of anilines is 1. The van der Waals surface area contributed by atoms with Gasteiger partial charge in [0.1, 0.15) is 11.8 Å². The fraction of sp³-hybridized carbons (Fsp3) is 0.171. The van der Waals surface area contributed by atoms with Crippen molar-refractivity contribution in [1.82, 2.24) is 9.97 Å². The van der Waals surface area contributed by atoms with Gasteiger partial charge in [0.25, 0.3) is 10.1 Å². The van der Waals surface area contributed by atoms with Crippen LogP contribution >= 0.6 is 0 Å². The summed E-state index contributed by atoms with van der Waals surface area (Å²) < 4.78 is 83.0. The van der Waals surface area contributed by atoms with Crippen molar-refractivity contribution in [2.75, 3.05) is 12.8 Å². The number of halogens is 3. The number of aromatic nitrogens is 2. The fourth-order valence-corrected chi connectivity index (χ4v) is 5.16. The van der Waals surface area contributed by atoms with Crippen LogP contribution in [0.25, 0.3) is 22.4 Å². The molecule has 0 spiro atoms. The molecule has 5 aromatic rings. The normalized spacial score (nSPS) is 12.1. The molecule has 1 unspecified atom stereocenters. The first-order valence-electron chi connectivity index (χ1n) is 14.8. The van der Waals surface area contributed by atoms with E-state index in [9.17, 15) is 26.4 Å². The van der Waals surface area contributed by atoms with Crippen molar-refractivity contribution in [3.05, 3.63) is 120 Å². The lowest BCUT2D eigenvalue weighted by Crippen LogP contribution is -2.32. The highest BCUT2D eigenvalue weighted by Crippen LogP contribution is 2.42. The van der Waals surface area contributed by atoms with Gasteiger partial charge in [-0.3, -0.25) is 9.35 Å². The third kappa shape index (κ3) is 11.5. The molecule has 0 saturated carbocycles. The van der Waals surface area contributed by atoms with Gasteiger partial charge in [0.15, 0.2) is 0 Å². The molecule has 0 bridgehead atoms. The van der Waals surface area contributed by atoms with Crippen molar-refractivity contribution in [3.8, 4) is 34.0 Å². The lowest BCUT2D eigenvalue weighted by atomic mass is 10.0. The van der Waals surface area contributed by atoms with E-state index in [4.69, 9.17) is 30.6 Å². The van der Waals surface area contributed by atoms with Gasteiger partial charge in [-0.2, -0.15) is 26.6 Å². The van der Waals surface area contributed by atoms with Crippen LogP contribution < -0.4 is 20.9 Å². The highest BCUT2D eigenvalue weighted by Gasteiger charge is 2.45. The molecule has 1 heterocycles. The lowest BCUT2D eigenvalue weighted by Gasteiger charge is -2.24. The first-order valence-corrected chi connectivity index (χ1v) is 16.2. The highest BCUT2D eigenvalue weighted by atomic mass is 32.2. The minimum atomic E-state index is -4.81. The maximum absolute atomic E-state index is 14.3. The smallest absolute Gasteiger partial charge is 0.429 e. The zero-order valence-electron chi connectivity index (χ0n) is 27.7. The Hall–Kier alpha value is -5.59. The van der Waals surface area contributed by atoms with E-state index in [1.165, 1.54) is 37.4 Å². The summed E-state index contributed by atoms with van der Waals surface area (Å²) in [7, 11) is -2.73. The van der Waals surface area contributed by atoms with Crippen LogP contribution in [0.3, 0.4) is 0 Å². The number of ether oxygens (including phenoxy) is 2. The van der Waals surface area contributed by atoms with Gasteiger partial charge in [0.2, 0.25) is 17.9 Å². The Balaban J connectivity index is 0.000000618. The minimum Gasteiger partial charge on any atom is -0.496 e. The average molecular weight is 747 g/mol. The molecule has 17 heteroatoms. The van der Waals surface area contributed by atoms with Crippen LogP contribution in [-0.4, -0.2) is 64.3 Å². The summed E-state index contributed by atoms with van der Waals surface area (Å²) in [5.41, 5.74) is 15.0. The van der Waals surface area contributed by atoms with Crippen molar-refractivity contribution in [1.29, 1.82) is 0 Å². The largest absolute Gasteiger partial charge is 0.496 e. The third-order valence-corrected chi connectivity index (χ3v) is 8.09. The molecule has 0 aliphatic heterocycles. The molecule has 2 atom stereocenters. The number of hydrogen-bond donors (Lipinski definition) is 4. The van der Waals surface area contributed by atoms with Gasteiger partial charge in [-0.1, -0.05) is 84.4 Å². The number of aliphatic carboxylic acids is 1. The maximum atomic E-state index is 14.3. The van der Waals surface area contributed by atoms with Crippen LogP contribution in [-0.2, 0) is 21.3 Å². The number of carbonyl (C=O) groups is 1. The summed E-state index contributed by atoms with van der Waals surface area (Å²) in [6.07, 6.45) is -7.11. The summed E-state index contributed by atoms with van der Waals surface area (Å²) in [4.78, 5) is 18.9. The molecular weight excluding hydrogens is 709 g/mol. The Kier molecular flexibility index (Phi) is 14.8. The van der Waals surface area contributed by atoms with E-state index >= 15 is 0 Å². The van der Waals surface area contributed by atoms with Crippen molar-refractivity contribution >= 4 is 22.0 Å². The van der Waals surface area contributed by atoms with E-state index in [0.29, 0.717) is 16.7 Å². The third-order valence-electron chi connectivity index (χ3n) is 7.22. The average Bonchev–Trinajstić information content (AvgIpc) is 3.07. The van der Waals surface area contributed by atoms with Crippen molar-refractivity contribution in [2.45, 2.75) is 36.6 Å². The monoisotopic (exact) mass is 746 g/mol. The number of carboxylic acids is 1. The topological polar surface area (TPSA) is 251 Å². The summed E-state index contributed by atoms with van der Waals surface area (Å²) in [6.45, 7) is 1.84. The number of nitrogens with two attached hydrogens (primary N) is 2. The van der Waals surface area contributed by atoms with Gasteiger partial charge in [0, 0.05) is 17.2 Å². The molecule has 1 aromatic heterocycles. The minimum absolute atomic E-state index is 0. The standard InChI is InChI=1S/C28H25F3N4O4.C7H8O3S.2H2O/c1-38-23-14-19(17-5-3-2-4-6-17)11-12-20(23)25(28(29,30)31)39-24-15-22(34-27(33)35-24)18-9-7-16(8-10-18)13-21(32)26(36)37;1-6-2-4-7(5-3-6)11(8,9)10;;/h2-12,14-15,21,25H,13,32H2,1H3,(H,36,37)(H2,33,34,35);2-5H,1H3,(H,8,9,10);2*1H2/t21?,25-;;;/m1.../s1. The Morgan fingerprint density at radius 1 is 0.865 bits per heavy atom. The number of benzene rings is 4. The van der Waals surface area contributed by atoms with Gasteiger partial charge in [-0.25, -0.2) is 4.98 Å². The SMILES string of the molecule is COc1cc(-c2ccccc2)ccc1[C@@H](Oc1cc(-c2ccc(CC(N)C(=O)O)cc2)nc(N)n1)C(F)(F)F.Cc1ccc(S(=O)(=O)O)cc1.O.O. The van der Waals surface area contributed by atoms with E-state index in [1.807, 2.05) is 37.3 Å². The van der Waals surface area contributed by atoms with Crippen LogP contribution in [0.2, 0.25) is 0 Å². The molecule has 0 saturated heterocycles. The van der Waals surface area contributed by atoms with Crippen LogP contribution in [0, 0.1) is 6.92 Å². The summed E-state index contributed by atoms with van der Waals surface area (Å²) in [5.74, 6) is -1.80. The van der Waals surface area contributed by atoms with Crippen molar-refractivity contribution in [2.24, 2.45) is 5.73 Å². The lowest BCUT2D eigenvalue weighted by molar-refractivity contribution is -0.199. The van der Waals surface area contributed by atoms with Gasteiger partial charge in [0.05, 0.1) is 17.7 Å². The first-order chi connectivity index (χ1) is 23.5. The summed E-state index contributed by atoms with van der Waals surface area (Å²) in [5, 5.41) is 8.99. The molecule has 278 valence electrons. The molecule has 52 heavy (non-hydrogen) atoms. The van der Waals surface area contributed by atoms with E-state index in [0.717, 1.165) is 11.1 Å². The van der Waals surface area contributed by atoms with Crippen molar-refractivity contribution < 1.29 is 56.5 Å². The van der Waals surface area contributed by atoms with E-state index in [1.54, 1.807) is 42.5 Å². The molecule has 10 N–H and O–H groups in total. The predicted molar refractivity (Wildman–Crippen MR) is 187 cm³/mol. The maximum Gasteiger partial charge on any atom is 0.429 e. The second-order valence-electron chi connectivity index (χ2n) is 10.9. The first kappa shape index (κ1) is 42.6. The second-order valence-corrected chi connectivity index (χ2v) is 12.4. The fourth-order valence-electron chi connectivity index (χ4n) is 4.68. The highest BCUT2D eigenvalue weighted by molar-refractivity contribution is 7.85. The van der Waals surface area contributed by atoms with Crippen LogP contribution in [0.5, 0.6) is 11.6 Å². The number of nitrogens with zero attached hydrogens (tertiary/aromatic N) is 2. The zero-order valence-corrected chi connectivity index (χ0v) is 28.5. The Bertz CT molecular complexity index is 2030. The number of methoxy groups -OCH3 is 1. The van der Waals surface area contributed by atoms with Gasteiger partial charge >= 0.3 is 12.1 Å². The molecule has 4 aromatic carbocycles. The van der Waals surface area contributed by atoms with Crippen LogP contribution in [0.4, 0.5) is 19.1 Å². The molecule has 0 aliphatic rings. The number of nitrogen functional groups attached to an aromatic ring is 1. The summed E-state index contributed by atoms with van der Waals surface area (Å²) in [6, 6.07) is 26.3. The Morgan fingerprint density at radius 3 is 2.00 bits per heavy atom. The predicted octanol–water partition coefficient (Wildman–Crippen LogP) is 4.63. The Labute approximate surface area is 297 Å². The van der Waals surface area contributed by atoms with Crippen molar-refractivity contribution in [3.63, 3.8) is 0 Å². The van der Waals surface area contributed by atoms with Crippen LogP contribution in [0.1, 0.15) is 22.8 Å². The Morgan fingerprint density at radius 2 is 1.46 bits per heavy atom. The number of alkyl halides is 3. The molecule has 0 radical (unpaired) electrons. The van der Waals surface area contributed by atoms with Gasteiger partial charge in [-0.15, -0.1) is 0 Å². The van der Waals surface area contributed by atoms with Crippen LogP contribution in [0.15, 0.2) is 108 Å². The molecule has 13 nitrogen and oxygen atoms in total. The summed E-state index contributed by atoms with van der Waals surface area (Å²) >= 11 is 0. The van der Waals surface area contributed by atoms with E-state index < -0.39 is 34.4 Å². The molecule has 0 aliphatic carbocycles. The number of rotatable bonds is 10. The van der Waals surface area contributed by atoms with Gasteiger partial charge in [-0.05, 0) is 48.2 Å². The second kappa shape index (κ2) is 18.1. The number of carboxylic acid groups (broad SMARTS) is 1. The number of aryl methyl sites for hydroxylation is 1. The molecular formula is C35H37F3N4O9S. The van der Waals surface area contributed by atoms with E-state index in [2.05, 4.69) is 9.97 Å². The van der Waals surface area contributed by atoms with E-state index in [-0.39, 0.29) is 51.1 Å². The molecule has 5 rings (SSSR count). The molecule has 0 amide bonds.